The Balaban J connectivity index is 2.02. The summed E-state index contributed by atoms with van der Waals surface area (Å²) in [4.78, 5) is 25.6. The van der Waals surface area contributed by atoms with Gasteiger partial charge in [0.2, 0.25) is 0 Å². The smallest absolute Gasteiger partial charge is 0.341 e. The third-order valence-corrected chi connectivity index (χ3v) is 5.43. The highest BCUT2D eigenvalue weighted by molar-refractivity contribution is 6.12. The minimum atomic E-state index is -0.712. The maximum atomic E-state index is 12.9. The number of hydrogen-bond donors (Lipinski definition) is 0. The Morgan fingerprint density at radius 1 is 0.853 bits per heavy atom. The molecular weight excluding hydrogens is 436 g/mol. The first-order valence-electron chi connectivity index (χ1n) is 11.1. The van der Waals surface area contributed by atoms with Crippen LogP contribution in [0.2, 0.25) is 0 Å². The molecule has 0 bridgehead atoms. The van der Waals surface area contributed by atoms with Crippen LogP contribution in [-0.4, -0.2) is 46.2 Å². The average molecular weight is 467 g/mol. The second kappa shape index (κ2) is 12.6. The molecule has 1 aliphatic rings. The quantitative estimate of drug-likeness (QED) is 0.215. The predicted molar refractivity (Wildman–Crippen MR) is 128 cm³/mol. The molecule has 7 nitrogen and oxygen atoms in total. The fraction of sp³-hybridized carbons (Fsp3) is 0.333. The van der Waals surface area contributed by atoms with Crippen molar-refractivity contribution in [2.75, 3.05) is 28.1 Å². The molecule has 0 amide bonds. The summed E-state index contributed by atoms with van der Waals surface area (Å²) in [6, 6.07) is 14.5. The lowest BCUT2D eigenvalue weighted by Gasteiger charge is -2.16. The van der Waals surface area contributed by atoms with Crippen LogP contribution in [-0.2, 0) is 23.8 Å². The Morgan fingerprint density at radius 3 is 2.18 bits per heavy atom. The Kier molecular flexibility index (Phi) is 9.29. The summed E-state index contributed by atoms with van der Waals surface area (Å²) in [6.07, 6.45) is 7.68. The second-order valence-electron chi connectivity index (χ2n) is 7.79. The van der Waals surface area contributed by atoms with Gasteiger partial charge in [-0.3, -0.25) is 0 Å². The molecule has 2 aromatic rings. The highest BCUT2D eigenvalue weighted by Gasteiger charge is 2.24. The standard InChI is InChI=1S/C27H30O7/c1-30-18-33-27(29)23(15-19-9-5-4-6-10-19)22(26(28)32-3)16-20-13-14-24(25(17-20)31-2)34-21-11-7-8-12-21/h4-6,9-10,13-17,21H,7-8,11-12,18H2,1-3H3. The molecule has 0 heterocycles. The second-order valence-corrected chi connectivity index (χ2v) is 7.79. The van der Waals surface area contributed by atoms with Gasteiger partial charge in [-0.15, -0.1) is 0 Å². The Hall–Kier alpha value is -3.58. The van der Waals surface area contributed by atoms with Crippen molar-refractivity contribution in [1.29, 1.82) is 0 Å². The molecule has 0 spiro atoms. The highest BCUT2D eigenvalue weighted by atomic mass is 16.7. The van der Waals surface area contributed by atoms with Gasteiger partial charge >= 0.3 is 11.9 Å². The van der Waals surface area contributed by atoms with Crippen molar-refractivity contribution >= 4 is 24.1 Å². The first-order valence-corrected chi connectivity index (χ1v) is 11.1. The molecule has 7 heteroatoms. The van der Waals surface area contributed by atoms with Crippen LogP contribution in [0.25, 0.3) is 12.2 Å². The Bertz CT molecular complexity index is 1030. The zero-order valence-corrected chi connectivity index (χ0v) is 19.7. The minimum absolute atomic E-state index is 0.0407. The van der Waals surface area contributed by atoms with Gasteiger partial charge in [-0.1, -0.05) is 36.4 Å². The maximum absolute atomic E-state index is 12.9. The molecule has 0 radical (unpaired) electrons. The summed E-state index contributed by atoms with van der Waals surface area (Å²) in [5.41, 5.74) is 1.44. The van der Waals surface area contributed by atoms with Crippen LogP contribution in [0.15, 0.2) is 59.7 Å². The van der Waals surface area contributed by atoms with E-state index in [9.17, 15) is 9.59 Å². The third kappa shape index (κ3) is 6.71. The molecule has 0 unspecified atom stereocenters. The molecule has 0 N–H and O–H groups in total. The topological polar surface area (TPSA) is 80.3 Å². The van der Waals surface area contributed by atoms with Gasteiger partial charge in [0.1, 0.15) is 0 Å². The largest absolute Gasteiger partial charge is 0.493 e. The number of carbonyl (C=O) groups is 2. The van der Waals surface area contributed by atoms with Crippen LogP contribution >= 0.6 is 0 Å². The molecule has 34 heavy (non-hydrogen) atoms. The van der Waals surface area contributed by atoms with Crippen molar-refractivity contribution in [2.45, 2.75) is 31.8 Å². The summed E-state index contributed by atoms with van der Waals surface area (Å²) < 4.78 is 26.6. The van der Waals surface area contributed by atoms with E-state index >= 15 is 0 Å². The molecule has 1 saturated carbocycles. The summed E-state index contributed by atoms with van der Waals surface area (Å²) in [5.74, 6) is -0.205. The van der Waals surface area contributed by atoms with Crippen molar-refractivity contribution in [3.05, 3.63) is 70.8 Å². The Labute approximate surface area is 199 Å². The molecule has 1 fully saturated rings. The normalized spacial score (nSPS) is 14.6. The van der Waals surface area contributed by atoms with Gasteiger partial charge in [-0.2, -0.15) is 0 Å². The number of carbonyl (C=O) groups excluding carboxylic acids is 2. The van der Waals surface area contributed by atoms with Crippen LogP contribution in [0, 0.1) is 0 Å². The zero-order chi connectivity index (χ0) is 24.3. The lowest BCUT2D eigenvalue weighted by molar-refractivity contribution is -0.149. The molecule has 180 valence electrons. The number of rotatable bonds is 10. The maximum Gasteiger partial charge on any atom is 0.341 e. The number of esters is 2. The number of benzene rings is 2. The molecule has 0 aromatic heterocycles. The lowest BCUT2D eigenvalue weighted by Crippen LogP contribution is -2.17. The SMILES string of the molecule is COCOC(=O)C(=Cc1ccccc1)C(=Cc1ccc(OC2CCCC2)c(OC)c1)C(=O)OC. The average Bonchev–Trinajstić information content (AvgIpc) is 3.38. The van der Waals surface area contributed by atoms with Crippen molar-refractivity contribution in [3.63, 3.8) is 0 Å². The summed E-state index contributed by atoms with van der Waals surface area (Å²) in [7, 11) is 4.23. The molecule has 1 aliphatic carbocycles. The van der Waals surface area contributed by atoms with E-state index in [0.717, 1.165) is 31.2 Å². The van der Waals surface area contributed by atoms with Crippen molar-refractivity contribution in [1.82, 2.24) is 0 Å². The van der Waals surface area contributed by atoms with Gasteiger partial charge in [0, 0.05) is 7.11 Å². The lowest BCUT2D eigenvalue weighted by atomic mass is 10.00. The fourth-order valence-corrected chi connectivity index (χ4v) is 3.73. The third-order valence-electron chi connectivity index (χ3n) is 5.43. The number of methoxy groups -OCH3 is 3. The van der Waals surface area contributed by atoms with Gasteiger partial charge in [-0.25, -0.2) is 9.59 Å². The van der Waals surface area contributed by atoms with Crippen LogP contribution in [0.4, 0.5) is 0 Å². The van der Waals surface area contributed by atoms with Crippen molar-refractivity contribution in [2.24, 2.45) is 0 Å². The number of ether oxygens (including phenoxy) is 5. The van der Waals surface area contributed by atoms with Crippen LogP contribution < -0.4 is 9.47 Å². The molecule has 0 saturated heterocycles. The van der Waals surface area contributed by atoms with Gasteiger partial charge < -0.3 is 23.7 Å². The van der Waals surface area contributed by atoms with Crippen LogP contribution in [0.1, 0.15) is 36.8 Å². The van der Waals surface area contributed by atoms with E-state index in [1.165, 1.54) is 14.2 Å². The first kappa shape index (κ1) is 25.1. The number of hydrogen-bond acceptors (Lipinski definition) is 7. The predicted octanol–water partition coefficient (Wildman–Crippen LogP) is 4.80. The molecule has 2 aromatic carbocycles. The minimum Gasteiger partial charge on any atom is -0.493 e. The molecule has 0 aliphatic heterocycles. The zero-order valence-electron chi connectivity index (χ0n) is 19.7. The first-order chi connectivity index (χ1) is 16.5. The van der Waals surface area contributed by atoms with Gasteiger partial charge in [0.05, 0.1) is 31.5 Å². The molecular formula is C27H30O7. The van der Waals surface area contributed by atoms with E-state index in [4.69, 9.17) is 23.7 Å². The van der Waals surface area contributed by atoms with E-state index in [1.807, 2.05) is 36.4 Å². The van der Waals surface area contributed by atoms with E-state index < -0.39 is 11.9 Å². The van der Waals surface area contributed by atoms with Crippen LogP contribution in [0.5, 0.6) is 11.5 Å². The van der Waals surface area contributed by atoms with E-state index in [-0.39, 0.29) is 24.0 Å². The highest BCUT2D eigenvalue weighted by Crippen LogP contribution is 2.33. The summed E-state index contributed by atoms with van der Waals surface area (Å²) >= 11 is 0. The van der Waals surface area contributed by atoms with E-state index in [2.05, 4.69) is 0 Å². The molecule has 0 atom stereocenters. The van der Waals surface area contributed by atoms with Gasteiger partial charge in [0.15, 0.2) is 18.3 Å². The van der Waals surface area contributed by atoms with E-state index in [1.54, 1.807) is 31.4 Å². The van der Waals surface area contributed by atoms with Crippen molar-refractivity contribution < 1.29 is 33.3 Å². The molecule has 3 rings (SSSR count). The van der Waals surface area contributed by atoms with Gasteiger partial charge in [-0.05, 0) is 61.1 Å². The summed E-state index contributed by atoms with van der Waals surface area (Å²) in [5, 5.41) is 0. The fourth-order valence-electron chi connectivity index (χ4n) is 3.73. The monoisotopic (exact) mass is 466 g/mol. The Morgan fingerprint density at radius 2 is 1.53 bits per heavy atom. The van der Waals surface area contributed by atoms with E-state index in [0.29, 0.717) is 17.1 Å². The van der Waals surface area contributed by atoms with Crippen molar-refractivity contribution in [3.8, 4) is 11.5 Å². The summed E-state index contributed by atoms with van der Waals surface area (Å²) in [6.45, 7) is -0.250. The van der Waals surface area contributed by atoms with Crippen LogP contribution in [0.3, 0.4) is 0 Å². The van der Waals surface area contributed by atoms with Gasteiger partial charge in [0.25, 0.3) is 0 Å².